The minimum absolute atomic E-state index is 0.166. The van der Waals surface area contributed by atoms with Gasteiger partial charge in [0.15, 0.2) is 0 Å². The van der Waals surface area contributed by atoms with Crippen LogP contribution >= 0.6 is 0 Å². The average molecular weight is 284 g/mol. The van der Waals surface area contributed by atoms with E-state index in [1.807, 2.05) is 24.3 Å². The smallest absolute Gasteiger partial charge is 0.225 e. The van der Waals surface area contributed by atoms with Gasteiger partial charge in [-0.3, -0.25) is 0 Å². The maximum Gasteiger partial charge on any atom is 0.225 e. The zero-order valence-corrected chi connectivity index (χ0v) is 12.1. The molecule has 4 nitrogen and oxygen atoms in total. The van der Waals surface area contributed by atoms with Crippen LogP contribution in [0.5, 0.6) is 11.6 Å². The number of aliphatic hydroxyl groups is 1. The second kappa shape index (κ2) is 6.68. The Balaban J connectivity index is 1.81. The molecule has 1 heterocycles. The van der Waals surface area contributed by atoms with Crippen LogP contribution in [-0.4, -0.2) is 21.7 Å². The first-order valence-corrected chi connectivity index (χ1v) is 7.57. The van der Waals surface area contributed by atoms with E-state index in [2.05, 4.69) is 9.97 Å². The molecule has 0 bridgehead atoms. The van der Waals surface area contributed by atoms with Gasteiger partial charge in [-0.25, -0.2) is 9.97 Å². The molecular weight excluding hydrogens is 264 g/mol. The Morgan fingerprint density at radius 2 is 1.81 bits per heavy atom. The average Bonchev–Trinajstić information content (AvgIpc) is 2.76. The highest BCUT2D eigenvalue weighted by Crippen LogP contribution is 2.29. The lowest BCUT2D eigenvalue weighted by molar-refractivity contribution is 0.299. The first kappa shape index (κ1) is 14.0. The Kier molecular flexibility index (Phi) is 4.46. The van der Waals surface area contributed by atoms with Gasteiger partial charge >= 0.3 is 0 Å². The van der Waals surface area contributed by atoms with Gasteiger partial charge in [-0.15, -0.1) is 0 Å². The quantitative estimate of drug-likeness (QED) is 0.877. The van der Waals surface area contributed by atoms with Crippen molar-refractivity contribution >= 4 is 0 Å². The summed E-state index contributed by atoms with van der Waals surface area (Å²) in [5.74, 6) is 1.47. The van der Waals surface area contributed by atoms with Gasteiger partial charge < -0.3 is 9.84 Å². The number of hydrogen-bond donors (Lipinski definition) is 1. The van der Waals surface area contributed by atoms with Crippen LogP contribution in [0.3, 0.4) is 0 Å². The van der Waals surface area contributed by atoms with Crippen LogP contribution in [0.4, 0.5) is 0 Å². The molecule has 4 heteroatoms. The monoisotopic (exact) mass is 284 g/mol. The van der Waals surface area contributed by atoms with Crippen molar-refractivity contribution in [2.24, 2.45) is 0 Å². The molecule has 0 spiro atoms. The number of aryl methyl sites for hydroxylation is 1. The number of fused-ring (bicyclic) bond motifs is 1. The Morgan fingerprint density at radius 1 is 1.00 bits per heavy atom. The van der Waals surface area contributed by atoms with Crippen molar-refractivity contribution in [1.82, 2.24) is 9.97 Å². The zero-order chi connectivity index (χ0) is 14.5. The van der Waals surface area contributed by atoms with Crippen LogP contribution in [-0.2, 0) is 19.3 Å². The Bertz CT molecular complexity index is 596. The number of nitrogens with zero attached hydrogens (tertiary/aromatic N) is 2. The highest BCUT2D eigenvalue weighted by atomic mass is 16.5. The van der Waals surface area contributed by atoms with Crippen molar-refractivity contribution < 1.29 is 9.84 Å². The van der Waals surface area contributed by atoms with Crippen molar-refractivity contribution in [2.45, 2.75) is 38.5 Å². The molecular formula is C17H20N2O2. The Hall–Kier alpha value is -1.94. The van der Waals surface area contributed by atoms with E-state index < -0.39 is 0 Å². The summed E-state index contributed by atoms with van der Waals surface area (Å²) in [5.41, 5.74) is 3.40. The Labute approximate surface area is 124 Å². The molecule has 0 atom stereocenters. The molecule has 3 rings (SSSR count). The summed E-state index contributed by atoms with van der Waals surface area (Å²) >= 11 is 0. The van der Waals surface area contributed by atoms with Crippen LogP contribution in [0.1, 0.15) is 36.1 Å². The SMILES string of the molecule is OCCc1ccc(Oc2ncnc3c2CCCCC3)cc1. The summed E-state index contributed by atoms with van der Waals surface area (Å²) in [4.78, 5) is 8.72. The van der Waals surface area contributed by atoms with E-state index in [0.717, 1.165) is 35.4 Å². The highest BCUT2D eigenvalue weighted by Gasteiger charge is 2.15. The molecule has 0 saturated heterocycles. The van der Waals surface area contributed by atoms with E-state index >= 15 is 0 Å². The lowest BCUT2D eigenvalue weighted by Gasteiger charge is -2.11. The highest BCUT2D eigenvalue weighted by molar-refractivity contribution is 5.36. The van der Waals surface area contributed by atoms with Gasteiger partial charge in [0.2, 0.25) is 5.88 Å². The molecule has 21 heavy (non-hydrogen) atoms. The number of aliphatic hydroxyl groups excluding tert-OH is 1. The third-order valence-electron chi connectivity index (χ3n) is 3.87. The van der Waals surface area contributed by atoms with E-state index in [0.29, 0.717) is 12.3 Å². The number of rotatable bonds is 4. The summed E-state index contributed by atoms with van der Waals surface area (Å²) in [6, 6.07) is 7.81. The predicted molar refractivity (Wildman–Crippen MR) is 80.6 cm³/mol. The van der Waals surface area contributed by atoms with Gasteiger partial charge in [0.1, 0.15) is 12.1 Å². The van der Waals surface area contributed by atoms with Crippen molar-refractivity contribution in [3.05, 3.63) is 47.4 Å². The van der Waals surface area contributed by atoms with E-state index in [1.54, 1.807) is 6.33 Å². The maximum atomic E-state index is 8.94. The molecule has 1 aromatic carbocycles. The lowest BCUT2D eigenvalue weighted by atomic mass is 10.1. The van der Waals surface area contributed by atoms with Gasteiger partial charge in [-0.05, 0) is 49.8 Å². The molecule has 1 aromatic heterocycles. The first-order chi connectivity index (χ1) is 10.4. The molecule has 0 fully saturated rings. The van der Waals surface area contributed by atoms with Crippen molar-refractivity contribution in [1.29, 1.82) is 0 Å². The van der Waals surface area contributed by atoms with Crippen LogP contribution in [0.15, 0.2) is 30.6 Å². The lowest BCUT2D eigenvalue weighted by Crippen LogP contribution is -2.01. The first-order valence-electron chi connectivity index (χ1n) is 7.57. The van der Waals surface area contributed by atoms with Crippen LogP contribution in [0.25, 0.3) is 0 Å². The molecule has 110 valence electrons. The Morgan fingerprint density at radius 3 is 2.62 bits per heavy atom. The second-order valence-electron chi connectivity index (χ2n) is 5.38. The fourth-order valence-electron chi connectivity index (χ4n) is 2.72. The molecule has 0 amide bonds. The fraction of sp³-hybridized carbons (Fsp3) is 0.412. The third-order valence-corrected chi connectivity index (χ3v) is 3.87. The van der Waals surface area contributed by atoms with Crippen molar-refractivity contribution in [3.63, 3.8) is 0 Å². The molecule has 0 aliphatic heterocycles. The molecule has 1 aliphatic rings. The van der Waals surface area contributed by atoms with Crippen LogP contribution in [0, 0.1) is 0 Å². The van der Waals surface area contributed by atoms with Gasteiger partial charge in [0.25, 0.3) is 0 Å². The third kappa shape index (κ3) is 3.39. The normalized spacial score (nSPS) is 14.3. The largest absolute Gasteiger partial charge is 0.439 e. The van der Waals surface area contributed by atoms with Gasteiger partial charge in [0.05, 0.1) is 5.69 Å². The number of benzene rings is 1. The minimum Gasteiger partial charge on any atom is -0.439 e. The summed E-state index contributed by atoms with van der Waals surface area (Å²) in [6.07, 6.45) is 7.89. The standard InChI is InChI=1S/C17H20N2O2/c20-11-10-13-6-8-14(9-7-13)21-17-15-4-2-1-3-5-16(15)18-12-19-17/h6-9,12,20H,1-5,10-11H2. The van der Waals surface area contributed by atoms with E-state index in [9.17, 15) is 0 Å². The maximum absolute atomic E-state index is 8.94. The number of hydrogen-bond acceptors (Lipinski definition) is 4. The summed E-state index contributed by atoms with van der Waals surface area (Å²) in [5, 5.41) is 8.94. The molecule has 1 aliphatic carbocycles. The number of aromatic nitrogens is 2. The second-order valence-corrected chi connectivity index (χ2v) is 5.38. The minimum atomic E-state index is 0.166. The van der Waals surface area contributed by atoms with Gasteiger partial charge in [-0.2, -0.15) is 0 Å². The number of ether oxygens (including phenoxy) is 1. The zero-order valence-electron chi connectivity index (χ0n) is 12.1. The molecule has 2 aromatic rings. The molecule has 0 saturated carbocycles. The fourth-order valence-corrected chi connectivity index (χ4v) is 2.72. The van der Waals surface area contributed by atoms with Crippen molar-refractivity contribution in [3.8, 4) is 11.6 Å². The van der Waals surface area contributed by atoms with Crippen LogP contribution < -0.4 is 4.74 Å². The van der Waals surface area contributed by atoms with Gasteiger partial charge in [-0.1, -0.05) is 18.6 Å². The summed E-state index contributed by atoms with van der Waals surface area (Å²) in [7, 11) is 0. The molecule has 1 N–H and O–H groups in total. The predicted octanol–water partition coefficient (Wildman–Crippen LogP) is 3.07. The van der Waals surface area contributed by atoms with Crippen LogP contribution in [0.2, 0.25) is 0 Å². The van der Waals surface area contributed by atoms with E-state index in [4.69, 9.17) is 9.84 Å². The van der Waals surface area contributed by atoms with E-state index in [1.165, 1.54) is 19.3 Å². The summed E-state index contributed by atoms with van der Waals surface area (Å²) < 4.78 is 5.95. The molecule has 0 radical (unpaired) electrons. The summed E-state index contributed by atoms with van der Waals surface area (Å²) in [6.45, 7) is 0.166. The van der Waals surface area contributed by atoms with E-state index in [-0.39, 0.29) is 6.61 Å². The molecule has 0 unspecified atom stereocenters. The van der Waals surface area contributed by atoms with Gasteiger partial charge in [0, 0.05) is 12.2 Å². The topological polar surface area (TPSA) is 55.2 Å². The van der Waals surface area contributed by atoms with Crippen molar-refractivity contribution in [2.75, 3.05) is 6.61 Å².